The number of aliphatic carboxylic acids is 2. The molecule has 1 atom stereocenters. The van der Waals surface area contributed by atoms with Crippen molar-refractivity contribution in [1.82, 2.24) is 9.80 Å². The number of ether oxygens (including phenoxy) is 2. The number of alkyl halides is 6. The Balaban J connectivity index is 0.000000824. The van der Waals surface area contributed by atoms with Gasteiger partial charge in [0.25, 0.3) is 0 Å². The van der Waals surface area contributed by atoms with Crippen LogP contribution in [0, 0.1) is 0 Å². The highest BCUT2D eigenvalue weighted by Crippen LogP contribution is 2.32. The molecule has 1 aliphatic heterocycles. The lowest BCUT2D eigenvalue weighted by Crippen LogP contribution is -2.43. The number of nitrogens with one attached hydrogen (secondary N) is 1. The van der Waals surface area contributed by atoms with Crippen molar-refractivity contribution in [1.29, 1.82) is 0 Å². The minimum absolute atomic E-state index is 0.146. The second-order valence-electron chi connectivity index (χ2n) is 8.22. The highest BCUT2D eigenvalue weighted by atomic mass is 19.4. The largest absolute Gasteiger partial charge is 0.484 e. The van der Waals surface area contributed by atoms with Gasteiger partial charge in [-0.15, -0.1) is 0 Å². The number of carbonyl (C=O) groups excluding carboxylic acids is 1. The summed E-state index contributed by atoms with van der Waals surface area (Å²) < 4.78 is 84.2. The number of carboxylic acids is 2. The number of carboxylic acid groups (broad SMARTS) is 2. The van der Waals surface area contributed by atoms with Crippen molar-refractivity contribution in [2.24, 2.45) is 0 Å². The van der Waals surface area contributed by atoms with E-state index in [2.05, 4.69) is 15.0 Å². The Morgan fingerprint density at radius 3 is 2.08 bits per heavy atom. The first-order valence-electron chi connectivity index (χ1n) is 11.4. The number of carbonyl (C=O) groups is 3. The van der Waals surface area contributed by atoms with Crippen LogP contribution in [0.5, 0.6) is 11.5 Å². The lowest BCUT2D eigenvalue weighted by Gasteiger charge is -2.28. The number of urea groups is 1. The molecule has 1 aromatic carbocycles. The molecule has 0 spiro atoms. The zero-order valence-corrected chi connectivity index (χ0v) is 21.0. The van der Waals surface area contributed by atoms with Crippen LogP contribution in [0.1, 0.15) is 19.8 Å². The third-order valence-electron chi connectivity index (χ3n) is 5.13. The van der Waals surface area contributed by atoms with Crippen molar-refractivity contribution < 1.29 is 60.4 Å². The Bertz CT molecular complexity index is 985. The van der Waals surface area contributed by atoms with E-state index in [1.807, 2.05) is 7.05 Å². The molecule has 39 heavy (non-hydrogen) atoms. The number of amides is 2. The summed E-state index contributed by atoms with van der Waals surface area (Å²) >= 11 is 0. The normalized spacial score (nSPS) is 15.8. The van der Waals surface area contributed by atoms with Crippen molar-refractivity contribution in [3.63, 3.8) is 0 Å². The number of rotatable bonds is 10. The van der Waals surface area contributed by atoms with Crippen LogP contribution in [0.15, 0.2) is 30.4 Å². The fraction of sp³-hybridized carbons (Fsp3) is 0.522. The van der Waals surface area contributed by atoms with E-state index in [0.29, 0.717) is 25.2 Å². The second kappa shape index (κ2) is 15.0. The van der Waals surface area contributed by atoms with Crippen LogP contribution in [-0.2, 0) is 9.59 Å². The molecule has 3 N–H and O–H groups in total. The van der Waals surface area contributed by atoms with E-state index in [0.717, 1.165) is 37.6 Å². The average molecular weight is 573 g/mol. The number of benzene rings is 1. The number of nitrogens with zero attached hydrogens (tertiary/aromatic N) is 2. The molecule has 0 saturated carbocycles. The van der Waals surface area contributed by atoms with Crippen LogP contribution < -0.4 is 14.8 Å². The van der Waals surface area contributed by atoms with Gasteiger partial charge in [-0.05, 0) is 45.5 Å². The van der Waals surface area contributed by atoms with Gasteiger partial charge in [-0.3, -0.25) is 0 Å². The Kier molecular flexibility index (Phi) is 12.9. The standard InChI is InChI=1S/C19H25F6N3O3.C4H4O4/c1-3-28(10-13-5-4-8-27(13)2)17(29)26-15-9-14(30-11-18(20,21)22)6-7-16(15)31-12-19(23,24)25;5-3(6)1-2-4(7)8/h6-7,9,13H,3-5,8,10-12H2,1-2H3,(H,26,29);1-2H,(H,5,6)(H,7,8). The van der Waals surface area contributed by atoms with E-state index in [1.54, 1.807) is 6.92 Å². The van der Waals surface area contributed by atoms with E-state index >= 15 is 0 Å². The topological polar surface area (TPSA) is 129 Å². The first-order chi connectivity index (χ1) is 18.0. The molecule has 16 heteroatoms. The minimum Gasteiger partial charge on any atom is -0.484 e. The first kappa shape index (κ1) is 33.3. The third kappa shape index (κ3) is 14.2. The molecule has 0 bridgehead atoms. The average Bonchev–Trinajstić information content (AvgIpc) is 3.22. The Hall–Kier alpha value is -3.69. The Labute approximate surface area is 219 Å². The molecular weight excluding hydrogens is 544 g/mol. The van der Waals surface area contributed by atoms with E-state index in [4.69, 9.17) is 14.9 Å². The summed E-state index contributed by atoms with van der Waals surface area (Å²) in [5.41, 5.74) is -0.216. The van der Waals surface area contributed by atoms with Gasteiger partial charge < -0.3 is 34.8 Å². The molecule has 0 radical (unpaired) electrons. The Morgan fingerprint density at radius 2 is 1.62 bits per heavy atom. The highest BCUT2D eigenvalue weighted by Gasteiger charge is 2.31. The quantitative estimate of drug-likeness (QED) is 0.280. The van der Waals surface area contributed by atoms with Gasteiger partial charge in [-0.1, -0.05) is 0 Å². The van der Waals surface area contributed by atoms with Crippen molar-refractivity contribution >= 4 is 23.7 Å². The van der Waals surface area contributed by atoms with Crippen LogP contribution in [0.25, 0.3) is 0 Å². The molecule has 1 unspecified atom stereocenters. The number of hydrogen-bond acceptors (Lipinski definition) is 6. The monoisotopic (exact) mass is 573 g/mol. The predicted molar refractivity (Wildman–Crippen MR) is 126 cm³/mol. The van der Waals surface area contributed by atoms with Gasteiger partial charge in [0.05, 0.1) is 5.69 Å². The zero-order chi connectivity index (χ0) is 29.8. The molecule has 1 aromatic rings. The predicted octanol–water partition coefficient (Wildman–Crippen LogP) is 4.23. The van der Waals surface area contributed by atoms with Crippen LogP contribution in [0.3, 0.4) is 0 Å². The summed E-state index contributed by atoms with van der Waals surface area (Å²) in [5.74, 6) is -3.12. The lowest BCUT2D eigenvalue weighted by molar-refractivity contribution is -0.154. The lowest BCUT2D eigenvalue weighted by atomic mass is 10.2. The van der Waals surface area contributed by atoms with Crippen molar-refractivity contribution in [3.05, 3.63) is 30.4 Å². The van der Waals surface area contributed by atoms with Gasteiger partial charge in [0.15, 0.2) is 13.2 Å². The number of likely N-dealkylation sites (N-methyl/N-ethyl adjacent to an activating group) is 2. The van der Waals surface area contributed by atoms with E-state index in [-0.39, 0.29) is 23.2 Å². The van der Waals surface area contributed by atoms with Gasteiger partial charge in [0, 0.05) is 37.3 Å². The summed E-state index contributed by atoms with van der Waals surface area (Å²) in [6.07, 6.45) is -6.21. The van der Waals surface area contributed by atoms with E-state index in [1.165, 1.54) is 4.90 Å². The third-order valence-corrected chi connectivity index (χ3v) is 5.13. The van der Waals surface area contributed by atoms with Crippen molar-refractivity contribution in [2.75, 3.05) is 45.2 Å². The van der Waals surface area contributed by atoms with E-state index < -0.39 is 43.5 Å². The van der Waals surface area contributed by atoms with E-state index in [9.17, 15) is 40.7 Å². The number of halogens is 6. The fourth-order valence-electron chi connectivity index (χ4n) is 3.30. The summed E-state index contributed by atoms with van der Waals surface area (Å²) in [4.78, 5) is 35.4. The summed E-state index contributed by atoms with van der Waals surface area (Å²) in [7, 11) is 1.94. The van der Waals surface area contributed by atoms with Gasteiger partial charge in [-0.25, -0.2) is 14.4 Å². The van der Waals surface area contributed by atoms with Gasteiger partial charge in [0.2, 0.25) is 0 Å². The molecular formula is C23H29F6N3O7. The summed E-state index contributed by atoms with van der Waals surface area (Å²) in [5, 5.41) is 18.1. The molecule has 0 aromatic heterocycles. The fourth-order valence-corrected chi connectivity index (χ4v) is 3.30. The van der Waals surface area contributed by atoms with Gasteiger partial charge in [0.1, 0.15) is 11.5 Å². The summed E-state index contributed by atoms with van der Waals surface area (Å²) in [6, 6.07) is 2.61. The van der Waals surface area contributed by atoms with Crippen LogP contribution in [0.4, 0.5) is 36.8 Å². The van der Waals surface area contributed by atoms with Crippen LogP contribution in [0.2, 0.25) is 0 Å². The number of hydrogen-bond donors (Lipinski definition) is 3. The molecule has 10 nitrogen and oxygen atoms in total. The molecule has 1 heterocycles. The minimum atomic E-state index is -4.63. The molecule has 0 aliphatic carbocycles. The Morgan fingerprint density at radius 1 is 1.05 bits per heavy atom. The maximum atomic E-state index is 12.7. The highest BCUT2D eigenvalue weighted by molar-refractivity contribution is 5.91. The van der Waals surface area contributed by atoms with Crippen LogP contribution in [-0.4, -0.2) is 96.3 Å². The summed E-state index contributed by atoms with van der Waals surface area (Å²) in [6.45, 7) is 0.179. The maximum absolute atomic E-state index is 12.7. The smallest absolute Gasteiger partial charge is 0.422 e. The van der Waals surface area contributed by atoms with Gasteiger partial charge >= 0.3 is 30.3 Å². The van der Waals surface area contributed by atoms with Gasteiger partial charge in [-0.2, -0.15) is 26.3 Å². The molecule has 2 rings (SSSR count). The molecule has 1 saturated heterocycles. The zero-order valence-electron chi connectivity index (χ0n) is 21.0. The first-order valence-corrected chi connectivity index (χ1v) is 11.4. The van der Waals surface area contributed by atoms with Crippen molar-refractivity contribution in [3.8, 4) is 11.5 Å². The van der Waals surface area contributed by atoms with Crippen molar-refractivity contribution in [2.45, 2.75) is 38.2 Å². The number of anilines is 1. The van der Waals surface area contributed by atoms with Crippen LogP contribution >= 0.6 is 0 Å². The molecule has 1 fully saturated rings. The maximum Gasteiger partial charge on any atom is 0.422 e. The SMILES string of the molecule is CCN(CC1CCCN1C)C(=O)Nc1cc(OCC(F)(F)F)ccc1OCC(F)(F)F.O=C(O)C=CC(=O)O. The molecule has 220 valence electrons. The second-order valence-corrected chi connectivity index (χ2v) is 8.22. The number of likely N-dealkylation sites (tertiary alicyclic amines) is 1. The molecule has 1 aliphatic rings. The molecule has 2 amide bonds.